The zero-order valence-corrected chi connectivity index (χ0v) is 11.6. The molecule has 3 heterocycles. The van der Waals surface area contributed by atoms with E-state index in [0.29, 0.717) is 11.0 Å². The van der Waals surface area contributed by atoms with Gasteiger partial charge in [0.15, 0.2) is 0 Å². The minimum Gasteiger partial charge on any atom is -0.369 e. The van der Waals surface area contributed by atoms with E-state index in [-0.39, 0.29) is 0 Å². The standard InChI is InChI=1S/C15H10ClN5/c16-10-3-4-13(14-9(10)2-1-6-19-14)21-12-5-7-18-8-11(12)20-15(21)17/h1-8H,(H2,17,20). The van der Waals surface area contributed by atoms with Crippen LogP contribution in [0.5, 0.6) is 0 Å². The second-order valence-electron chi connectivity index (χ2n) is 4.64. The van der Waals surface area contributed by atoms with Gasteiger partial charge >= 0.3 is 0 Å². The maximum Gasteiger partial charge on any atom is 0.206 e. The number of anilines is 1. The summed E-state index contributed by atoms with van der Waals surface area (Å²) in [6, 6.07) is 9.41. The summed E-state index contributed by atoms with van der Waals surface area (Å²) in [5.41, 5.74) is 9.34. The average Bonchev–Trinajstić information content (AvgIpc) is 2.84. The normalized spacial score (nSPS) is 11.3. The summed E-state index contributed by atoms with van der Waals surface area (Å²) in [5, 5.41) is 1.54. The van der Waals surface area contributed by atoms with Crippen molar-refractivity contribution in [2.24, 2.45) is 0 Å². The Morgan fingerprint density at radius 3 is 2.90 bits per heavy atom. The molecule has 3 aromatic heterocycles. The van der Waals surface area contributed by atoms with Crippen LogP contribution in [0.25, 0.3) is 27.6 Å². The number of fused-ring (bicyclic) bond motifs is 2. The Labute approximate surface area is 125 Å². The van der Waals surface area contributed by atoms with Gasteiger partial charge in [-0.3, -0.25) is 14.5 Å². The number of hydrogen-bond acceptors (Lipinski definition) is 4. The fourth-order valence-corrected chi connectivity index (χ4v) is 2.72. The highest BCUT2D eigenvalue weighted by atomic mass is 35.5. The van der Waals surface area contributed by atoms with Crippen LogP contribution < -0.4 is 5.73 Å². The molecule has 0 fully saturated rings. The summed E-state index contributed by atoms with van der Waals surface area (Å²) < 4.78 is 1.86. The van der Waals surface area contributed by atoms with Crippen LogP contribution >= 0.6 is 11.6 Å². The molecule has 0 aliphatic carbocycles. The second kappa shape index (κ2) is 4.43. The average molecular weight is 296 g/mol. The Balaban J connectivity index is 2.15. The predicted octanol–water partition coefficient (Wildman–Crippen LogP) is 3.20. The molecule has 1 aromatic carbocycles. The van der Waals surface area contributed by atoms with E-state index in [0.717, 1.165) is 27.6 Å². The summed E-state index contributed by atoms with van der Waals surface area (Å²) in [7, 11) is 0. The van der Waals surface area contributed by atoms with Crippen LogP contribution in [-0.2, 0) is 0 Å². The highest BCUT2D eigenvalue weighted by Gasteiger charge is 2.14. The van der Waals surface area contributed by atoms with Crippen molar-refractivity contribution in [1.82, 2.24) is 19.5 Å². The molecule has 5 nitrogen and oxygen atoms in total. The molecule has 0 bridgehead atoms. The van der Waals surface area contributed by atoms with Crippen molar-refractivity contribution in [1.29, 1.82) is 0 Å². The van der Waals surface area contributed by atoms with E-state index >= 15 is 0 Å². The Kier molecular flexibility index (Phi) is 2.55. The van der Waals surface area contributed by atoms with E-state index in [1.165, 1.54) is 0 Å². The van der Waals surface area contributed by atoms with Crippen LogP contribution in [0.3, 0.4) is 0 Å². The molecule has 0 radical (unpaired) electrons. The van der Waals surface area contributed by atoms with Gasteiger partial charge in [-0.05, 0) is 30.3 Å². The van der Waals surface area contributed by atoms with Crippen molar-refractivity contribution in [3.05, 3.63) is 53.9 Å². The lowest BCUT2D eigenvalue weighted by molar-refractivity contribution is 1.11. The van der Waals surface area contributed by atoms with Crippen molar-refractivity contribution < 1.29 is 0 Å². The highest BCUT2D eigenvalue weighted by Crippen LogP contribution is 2.30. The fraction of sp³-hybridized carbons (Fsp3) is 0. The molecular formula is C15H10ClN5. The van der Waals surface area contributed by atoms with E-state index < -0.39 is 0 Å². The van der Waals surface area contributed by atoms with Crippen LogP contribution in [0.1, 0.15) is 0 Å². The van der Waals surface area contributed by atoms with Crippen molar-refractivity contribution in [2.45, 2.75) is 0 Å². The molecule has 0 aliphatic heterocycles. The molecule has 4 rings (SSSR count). The zero-order valence-electron chi connectivity index (χ0n) is 10.9. The van der Waals surface area contributed by atoms with E-state index in [4.69, 9.17) is 17.3 Å². The van der Waals surface area contributed by atoms with Gasteiger partial charge in [0.25, 0.3) is 0 Å². The van der Waals surface area contributed by atoms with Gasteiger partial charge < -0.3 is 5.73 Å². The van der Waals surface area contributed by atoms with Crippen LogP contribution in [0.4, 0.5) is 5.95 Å². The summed E-state index contributed by atoms with van der Waals surface area (Å²) in [6.07, 6.45) is 5.14. The zero-order chi connectivity index (χ0) is 14.4. The number of aromatic nitrogens is 4. The van der Waals surface area contributed by atoms with Gasteiger partial charge in [-0.2, -0.15) is 0 Å². The molecule has 102 valence electrons. The van der Waals surface area contributed by atoms with Crippen molar-refractivity contribution in [3.63, 3.8) is 0 Å². The van der Waals surface area contributed by atoms with Crippen LogP contribution in [0, 0.1) is 0 Å². The van der Waals surface area contributed by atoms with Crippen LogP contribution in [-0.4, -0.2) is 19.5 Å². The molecule has 6 heteroatoms. The molecule has 0 spiro atoms. The fourth-order valence-electron chi connectivity index (χ4n) is 2.51. The number of hydrogen-bond donors (Lipinski definition) is 1. The van der Waals surface area contributed by atoms with Crippen molar-refractivity contribution in [3.8, 4) is 5.69 Å². The molecule has 0 saturated carbocycles. The Morgan fingerprint density at radius 1 is 1.10 bits per heavy atom. The van der Waals surface area contributed by atoms with Crippen LogP contribution in [0.15, 0.2) is 48.9 Å². The first kappa shape index (κ1) is 12.1. The molecular weight excluding hydrogens is 286 g/mol. The number of pyridine rings is 2. The smallest absolute Gasteiger partial charge is 0.206 e. The Morgan fingerprint density at radius 2 is 2.00 bits per heavy atom. The maximum atomic E-state index is 6.24. The van der Waals surface area contributed by atoms with Crippen molar-refractivity contribution >= 4 is 39.5 Å². The van der Waals surface area contributed by atoms with Gasteiger partial charge in [-0.1, -0.05) is 11.6 Å². The number of halogens is 1. The number of nitrogens with two attached hydrogens (primary N) is 1. The lowest BCUT2D eigenvalue weighted by Gasteiger charge is -2.10. The third-order valence-electron chi connectivity index (χ3n) is 3.42. The molecule has 4 aromatic rings. The van der Waals surface area contributed by atoms with Gasteiger partial charge in [-0.25, -0.2) is 4.98 Å². The molecule has 0 amide bonds. The van der Waals surface area contributed by atoms with E-state index in [1.807, 2.05) is 34.9 Å². The molecule has 0 aliphatic rings. The van der Waals surface area contributed by atoms with Gasteiger partial charge in [0, 0.05) is 17.8 Å². The Bertz CT molecular complexity index is 976. The topological polar surface area (TPSA) is 69.6 Å². The quantitative estimate of drug-likeness (QED) is 0.585. The van der Waals surface area contributed by atoms with Gasteiger partial charge in [0.2, 0.25) is 5.95 Å². The van der Waals surface area contributed by atoms with Gasteiger partial charge in [0.05, 0.1) is 27.9 Å². The summed E-state index contributed by atoms with van der Waals surface area (Å²) in [6.45, 7) is 0. The lowest BCUT2D eigenvalue weighted by atomic mass is 10.2. The second-order valence-corrected chi connectivity index (χ2v) is 5.04. The number of rotatable bonds is 1. The van der Waals surface area contributed by atoms with Crippen molar-refractivity contribution in [2.75, 3.05) is 5.73 Å². The first-order chi connectivity index (χ1) is 10.3. The summed E-state index contributed by atoms with van der Waals surface area (Å²) in [5.74, 6) is 0.396. The lowest BCUT2D eigenvalue weighted by Crippen LogP contribution is -2.02. The van der Waals surface area contributed by atoms with Gasteiger partial charge in [-0.15, -0.1) is 0 Å². The largest absolute Gasteiger partial charge is 0.369 e. The summed E-state index contributed by atoms with van der Waals surface area (Å²) >= 11 is 6.24. The third-order valence-corrected chi connectivity index (χ3v) is 3.75. The third kappa shape index (κ3) is 1.75. The first-order valence-corrected chi connectivity index (χ1v) is 6.75. The SMILES string of the molecule is Nc1nc2cnccc2n1-c1ccc(Cl)c2cccnc12. The summed E-state index contributed by atoms with van der Waals surface area (Å²) in [4.78, 5) is 12.8. The van der Waals surface area contributed by atoms with E-state index in [1.54, 1.807) is 18.6 Å². The van der Waals surface area contributed by atoms with Crippen LogP contribution in [0.2, 0.25) is 5.02 Å². The maximum absolute atomic E-state index is 6.24. The highest BCUT2D eigenvalue weighted by molar-refractivity contribution is 6.35. The van der Waals surface area contributed by atoms with Gasteiger partial charge in [0.1, 0.15) is 5.52 Å². The Hall–Kier alpha value is -2.66. The number of imidazole rings is 1. The number of benzene rings is 1. The molecule has 0 atom stereocenters. The molecule has 0 saturated heterocycles. The number of nitrogen functional groups attached to an aromatic ring is 1. The van der Waals surface area contributed by atoms with E-state index in [2.05, 4.69) is 15.0 Å². The molecule has 21 heavy (non-hydrogen) atoms. The molecule has 2 N–H and O–H groups in total. The molecule has 0 unspecified atom stereocenters. The number of nitrogens with zero attached hydrogens (tertiary/aromatic N) is 4. The first-order valence-electron chi connectivity index (χ1n) is 6.37. The predicted molar refractivity (Wildman–Crippen MR) is 83.6 cm³/mol. The van der Waals surface area contributed by atoms with E-state index in [9.17, 15) is 0 Å². The minimum atomic E-state index is 0.396. The monoisotopic (exact) mass is 295 g/mol. The minimum absolute atomic E-state index is 0.396.